The third-order valence-electron chi connectivity index (χ3n) is 14.6. The number of aryl methyl sites for hydroxylation is 1. The molecule has 32 heteroatoms. The number of benzene rings is 1. The standard InChI is InChI=1S/C58H60N14O12S6/c1-27(2)42-56-70-45(37(90-56)22-84-5)49(79)60-21-40(74)67-46(47(77)29-10-7-6-8-11-29)55-65-36(25-87-55)53-63-34(23-86-53)44-31(51-64-35(24-85-51)48(78)62-33(20-39(73)59-4)54-69-43(28(3)89-54)50(80)68-42)13-14-32(61-44)52-66-38(26-88-52)72(17-9-12-41(75)76)58(83)71-18-15-30(16-19-71)57(81)82/h6-8,10-11,13-14,23-27,30,33,42,46-47,77H,9,12,15-22H2,1-5H3,(H,59,73)(H,60,79)(H,62,78)(H,67,74)(H,68,80)(H,75,76)(H,81,82)/t33-,42-,46-,47-/m0/s1. The van der Waals surface area contributed by atoms with Crippen molar-refractivity contribution in [3.8, 4) is 43.4 Å². The Morgan fingerprint density at radius 1 is 0.722 bits per heavy atom. The van der Waals surface area contributed by atoms with Crippen molar-refractivity contribution in [3.63, 3.8) is 0 Å². The third-order valence-corrected chi connectivity index (χ3v) is 20.3. The maximum Gasteiger partial charge on any atom is 0.325 e. The minimum absolute atomic E-state index is 0.0102. The van der Waals surface area contributed by atoms with Crippen LogP contribution in [0.5, 0.6) is 0 Å². The molecule has 470 valence electrons. The number of pyridine rings is 1. The highest BCUT2D eigenvalue weighted by atomic mass is 32.1. The highest BCUT2D eigenvalue weighted by Crippen LogP contribution is 2.41. The SMILES string of the molecule is CNC(=O)C[C@@H]1NC(=O)c2csc(n2)-c2ccc(-c3nc(N(CCCC(=O)O)C(=O)N4CCC(C(=O)O)CC4)cs3)nc2-c2csc(n2)-c2csc(n2)[C@H]([C@@H](O)c2ccccc2)NC(=O)CNC(=O)c2nc(sc2COC)[C@H](C(C)C)NC(=O)c2nc1sc2C. The number of thiazole rings is 6. The van der Waals surface area contributed by atoms with Gasteiger partial charge in [-0.2, -0.15) is 0 Å². The lowest BCUT2D eigenvalue weighted by molar-refractivity contribution is -0.143. The second-order valence-electron chi connectivity index (χ2n) is 21.2. The fraction of sp³-hybridized carbons (Fsp3) is 0.362. The molecule has 1 aromatic carbocycles. The van der Waals surface area contributed by atoms with Crippen LogP contribution in [0.3, 0.4) is 0 Å². The van der Waals surface area contributed by atoms with E-state index in [0.717, 1.165) is 45.3 Å². The van der Waals surface area contributed by atoms with Gasteiger partial charge in [0.05, 0.1) is 48.1 Å². The Morgan fingerprint density at radius 3 is 2.14 bits per heavy atom. The second kappa shape index (κ2) is 28.6. The first-order valence-electron chi connectivity index (χ1n) is 28.2. The number of ether oxygens (including phenoxy) is 1. The number of likely N-dealkylation sites (tertiary alicyclic amines) is 1. The smallest absolute Gasteiger partial charge is 0.325 e. The van der Waals surface area contributed by atoms with E-state index >= 15 is 0 Å². The number of aliphatic hydroxyl groups is 1. The van der Waals surface area contributed by atoms with E-state index in [4.69, 9.17) is 39.6 Å². The van der Waals surface area contributed by atoms with Gasteiger partial charge in [-0.1, -0.05) is 44.2 Å². The van der Waals surface area contributed by atoms with Crippen LogP contribution in [0, 0.1) is 18.8 Å². The molecule has 9 heterocycles. The highest BCUT2D eigenvalue weighted by Gasteiger charge is 2.35. The minimum Gasteiger partial charge on any atom is -0.481 e. The van der Waals surface area contributed by atoms with Gasteiger partial charge in [0.2, 0.25) is 11.8 Å². The number of fused-ring (bicyclic) bond motifs is 14. The van der Waals surface area contributed by atoms with Crippen molar-refractivity contribution < 1.29 is 58.4 Å². The number of hydrogen-bond acceptors (Lipinski definition) is 23. The van der Waals surface area contributed by atoms with Gasteiger partial charge in [-0.15, -0.1) is 68.0 Å². The number of urea groups is 1. The zero-order chi connectivity index (χ0) is 63.9. The Balaban J connectivity index is 1.05. The Bertz CT molecular complexity index is 3980. The molecule has 90 heavy (non-hydrogen) atoms. The van der Waals surface area contributed by atoms with Crippen molar-refractivity contribution >= 4 is 121 Å². The molecule has 26 nitrogen and oxygen atoms in total. The van der Waals surface area contributed by atoms with Crippen molar-refractivity contribution in [1.29, 1.82) is 0 Å². The van der Waals surface area contributed by atoms with Crippen LogP contribution in [0.15, 0.2) is 64.0 Å². The number of methoxy groups -OCH3 is 1. The average Bonchev–Trinajstić information content (AvgIpc) is 1.76. The van der Waals surface area contributed by atoms with Crippen molar-refractivity contribution in [1.82, 2.24) is 66.4 Å². The van der Waals surface area contributed by atoms with Gasteiger partial charge in [0.15, 0.2) is 0 Å². The number of carboxylic acids is 2. The van der Waals surface area contributed by atoms with Crippen LogP contribution in [-0.2, 0) is 30.5 Å². The molecule has 0 unspecified atom stereocenters. The number of piperidine rings is 1. The van der Waals surface area contributed by atoms with Crippen molar-refractivity contribution in [2.45, 2.75) is 83.7 Å². The fourth-order valence-electron chi connectivity index (χ4n) is 9.88. The molecule has 2 aliphatic rings. The summed E-state index contributed by atoms with van der Waals surface area (Å²) in [5.41, 5.74) is 2.35. The number of amides is 7. The monoisotopic (exact) mass is 1340 g/mol. The lowest BCUT2D eigenvalue weighted by Crippen LogP contribution is -2.48. The lowest BCUT2D eigenvalue weighted by atomic mass is 9.97. The van der Waals surface area contributed by atoms with Crippen LogP contribution >= 0.6 is 68.0 Å². The van der Waals surface area contributed by atoms with E-state index in [9.17, 15) is 53.7 Å². The first kappa shape index (κ1) is 64.6. The summed E-state index contributed by atoms with van der Waals surface area (Å²) in [5.74, 6) is -5.59. The summed E-state index contributed by atoms with van der Waals surface area (Å²) in [6, 6.07) is 8.83. The highest BCUT2D eigenvalue weighted by molar-refractivity contribution is 7.15. The summed E-state index contributed by atoms with van der Waals surface area (Å²) in [6.45, 7) is 5.28. The van der Waals surface area contributed by atoms with E-state index in [1.807, 2.05) is 13.8 Å². The molecule has 1 fully saturated rings. The normalized spacial score (nSPS) is 17.2. The summed E-state index contributed by atoms with van der Waals surface area (Å²) >= 11 is 7.00. The molecule has 8 aromatic rings. The molecule has 0 saturated carbocycles. The van der Waals surface area contributed by atoms with Gasteiger partial charge in [0, 0.05) is 72.2 Å². The number of aromatic nitrogens is 7. The molecule has 8 N–H and O–H groups in total. The maximum absolute atomic E-state index is 14.4. The lowest BCUT2D eigenvalue weighted by Gasteiger charge is -2.34. The van der Waals surface area contributed by atoms with E-state index < -0.39 is 84.2 Å². The van der Waals surface area contributed by atoms with E-state index in [1.54, 1.807) is 75.8 Å². The Morgan fingerprint density at radius 2 is 1.42 bits per heavy atom. The molecule has 0 spiro atoms. The van der Waals surface area contributed by atoms with Gasteiger partial charge in [0.1, 0.15) is 82.2 Å². The van der Waals surface area contributed by atoms with Gasteiger partial charge in [-0.3, -0.25) is 38.5 Å². The zero-order valence-corrected chi connectivity index (χ0v) is 53.8. The van der Waals surface area contributed by atoms with Gasteiger partial charge in [-0.05, 0) is 49.8 Å². The predicted octanol–water partition coefficient (Wildman–Crippen LogP) is 7.90. The summed E-state index contributed by atoms with van der Waals surface area (Å²) in [7, 11) is 2.92. The first-order chi connectivity index (χ1) is 43.3. The number of carbonyl (C=O) groups excluding carboxylic acids is 6. The maximum atomic E-state index is 14.4. The Labute approximate surface area is 538 Å². The number of nitrogens with one attached hydrogen (secondary N) is 5. The number of rotatable bonds is 14. The van der Waals surface area contributed by atoms with Crippen LogP contribution in [0.2, 0.25) is 0 Å². The van der Waals surface area contributed by atoms with E-state index in [0.29, 0.717) is 68.7 Å². The predicted molar refractivity (Wildman–Crippen MR) is 338 cm³/mol. The van der Waals surface area contributed by atoms with Gasteiger partial charge in [-0.25, -0.2) is 39.7 Å². The largest absolute Gasteiger partial charge is 0.481 e. The number of hydrogen-bond donors (Lipinski definition) is 8. The summed E-state index contributed by atoms with van der Waals surface area (Å²) in [6.07, 6.45) is -1.13. The van der Waals surface area contributed by atoms with Crippen molar-refractivity contribution in [2.75, 3.05) is 45.2 Å². The third kappa shape index (κ3) is 14.8. The van der Waals surface area contributed by atoms with Crippen LogP contribution in [0.1, 0.15) is 132 Å². The topological polar surface area (TPSA) is 363 Å². The molecule has 0 radical (unpaired) electrons. The number of carboxylic acid groups (broad SMARTS) is 2. The fourth-order valence-corrected chi connectivity index (χ4v) is 15.4. The summed E-state index contributed by atoms with van der Waals surface area (Å²) < 4.78 is 5.45. The van der Waals surface area contributed by atoms with E-state index in [-0.39, 0.29) is 92.2 Å². The molecule has 7 aromatic heterocycles. The van der Waals surface area contributed by atoms with Gasteiger partial charge >= 0.3 is 18.0 Å². The summed E-state index contributed by atoms with van der Waals surface area (Å²) in [4.78, 5) is 145. The number of aliphatic carboxylic acids is 2. The molecule has 0 aliphatic carbocycles. The summed E-state index contributed by atoms with van der Waals surface area (Å²) in [5, 5.41) is 54.0. The van der Waals surface area contributed by atoms with E-state index in [2.05, 4.69) is 26.6 Å². The quantitative estimate of drug-likeness (QED) is 0.0512. The first-order valence-corrected chi connectivity index (χ1v) is 33.4. The Hall–Kier alpha value is -8.37. The van der Waals surface area contributed by atoms with Gasteiger partial charge < -0.3 is 51.5 Å². The molecule has 4 atom stereocenters. The number of anilines is 1. The van der Waals surface area contributed by atoms with Gasteiger partial charge in [0.25, 0.3) is 17.7 Å². The van der Waals surface area contributed by atoms with Crippen LogP contribution in [0.25, 0.3) is 43.4 Å². The molecule has 10 rings (SSSR count). The van der Waals surface area contributed by atoms with Crippen LogP contribution in [0.4, 0.5) is 10.6 Å². The number of nitrogens with zero attached hydrogens (tertiary/aromatic N) is 9. The van der Waals surface area contributed by atoms with Crippen LogP contribution in [-0.4, -0.2) is 143 Å². The van der Waals surface area contributed by atoms with Crippen molar-refractivity contribution in [3.05, 3.63) is 111 Å². The number of aliphatic hydroxyl groups excluding tert-OH is 1. The molecule has 7 amide bonds. The zero-order valence-electron chi connectivity index (χ0n) is 48.9. The molecular weight excluding hydrogens is 1280 g/mol. The molecule has 2 aliphatic heterocycles. The van der Waals surface area contributed by atoms with E-state index in [1.165, 1.54) is 41.7 Å². The Kier molecular flexibility index (Phi) is 20.6. The molecule has 10 bridgehead atoms. The number of carbonyl (C=O) groups is 8. The second-order valence-corrected chi connectivity index (χ2v) is 27.0. The van der Waals surface area contributed by atoms with Crippen LogP contribution < -0.4 is 31.5 Å². The minimum atomic E-state index is -1.31. The van der Waals surface area contributed by atoms with Crippen molar-refractivity contribution in [2.24, 2.45) is 11.8 Å². The average molecular weight is 1340 g/mol. The molecule has 1 saturated heterocycles. The molecular formula is C58H60N14O12S6.